The number of hydrogen-bond acceptors (Lipinski definition) is 4. The Morgan fingerprint density at radius 1 is 1.16 bits per heavy atom. The van der Waals surface area contributed by atoms with Crippen molar-refractivity contribution < 1.29 is 14.2 Å². The monoisotopic (exact) mass is 261 g/mol. The van der Waals surface area contributed by atoms with Gasteiger partial charge in [0.1, 0.15) is 5.75 Å². The van der Waals surface area contributed by atoms with E-state index in [1.54, 1.807) is 0 Å². The highest BCUT2D eigenvalue weighted by Gasteiger charge is 2.32. The van der Waals surface area contributed by atoms with Crippen molar-refractivity contribution in [2.45, 2.75) is 31.2 Å². The van der Waals surface area contributed by atoms with Crippen LogP contribution in [0.1, 0.15) is 30.7 Å². The van der Waals surface area contributed by atoms with E-state index in [1.807, 2.05) is 6.07 Å². The summed E-state index contributed by atoms with van der Waals surface area (Å²) in [6.45, 7) is 2.35. The van der Waals surface area contributed by atoms with Gasteiger partial charge in [-0.05, 0) is 38.9 Å². The van der Waals surface area contributed by atoms with Crippen LogP contribution in [0.3, 0.4) is 0 Å². The van der Waals surface area contributed by atoms with Crippen molar-refractivity contribution >= 4 is 0 Å². The van der Waals surface area contributed by atoms with Gasteiger partial charge in [0.25, 0.3) is 0 Å². The molecular weight excluding hydrogens is 242 g/mol. The van der Waals surface area contributed by atoms with Crippen molar-refractivity contribution in [3.05, 3.63) is 17.7 Å². The molecule has 3 heterocycles. The van der Waals surface area contributed by atoms with Gasteiger partial charge in [-0.15, -0.1) is 0 Å². The van der Waals surface area contributed by atoms with E-state index in [1.165, 1.54) is 31.4 Å². The summed E-state index contributed by atoms with van der Waals surface area (Å²) < 4.78 is 16.7. The summed E-state index contributed by atoms with van der Waals surface area (Å²) >= 11 is 0. The van der Waals surface area contributed by atoms with Crippen LogP contribution in [0.2, 0.25) is 0 Å². The quantitative estimate of drug-likeness (QED) is 0.818. The Morgan fingerprint density at radius 3 is 2.79 bits per heavy atom. The molecule has 4 nitrogen and oxygen atoms in total. The third-order valence-electron chi connectivity index (χ3n) is 4.61. The van der Waals surface area contributed by atoms with E-state index < -0.39 is 0 Å². The van der Waals surface area contributed by atoms with Crippen LogP contribution in [0.25, 0.3) is 0 Å². The predicted octanol–water partition coefficient (Wildman–Crippen LogP) is 2.38. The molecule has 0 N–H and O–H groups in total. The molecule has 4 rings (SSSR count). The summed E-state index contributed by atoms with van der Waals surface area (Å²) in [6, 6.07) is 4.80. The lowest BCUT2D eigenvalue weighted by atomic mass is 9.92. The first-order valence-corrected chi connectivity index (χ1v) is 7.08. The molecule has 102 valence electrons. The van der Waals surface area contributed by atoms with Crippen LogP contribution < -0.4 is 14.2 Å². The number of hydrogen-bond donors (Lipinski definition) is 0. The second-order valence-electron chi connectivity index (χ2n) is 5.76. The molecule has 19 heavy (non-hydrogen) atoms. The van der Waals surface area contributed by atoms with Crippen molar-refractivity contribution in [1.29, 1.82) is 0 Å². The third kappa shape index (κ3) is 1.86. The van der Waals surface area contributed by atoms with Crippen LogP contribution in [0.4, 0.5) is 0 Å². The van der Waals surface area contributed by atoms with Gasteiger partial charge in [0.2, 0.25) is 6.79 Å². The zero-order valence-electron chi connectivity index (χ0n) is 11.2. The standard InChI is InChI=1S/C15H19NO3/c1-16-4-2-3-11(16)5-10-8-17-13-7-15-14(6-12(10)13)18-9-19-15/h6-7,10-11H,2-5,8-9H2,1H3/t10?,11-/m1/s1. The largest absolute Gasteiger partial charge is 0.493 e. The topological polar surface area (TPSA) is 30.9 Å². The summed E-state index contributed by atoms with van der Waals surface area (Å²) in [7, 11) is 2.23. The molecule has 1 aromatic rings. The summed E-state index contributed by atoms with van der Waals surface area (Å²) in [5.74, 6) is 3.16. The highest BCUT2D eigenvalue weighted by atomic mass is 16.7. The molecule has 0 radical (unpaired) electrons. The van der Waals surface area contributed by atoms with E-state index in [9.17, 15) is 0 Å². The maximum atomic E-state index is 5.83. The molecule has 3 aliphatic heterocycles. The van der Waals surface area contributed by atoms with E-state index in [0.29, 0.717) is 18.8 Å². The van der Waals surface area contributed by atoms with Gasteiger partial charge in [0.05, 0.1) is 6.61 Å². The first kappa shape index (κ1) is 11.4. The lowest BCUT2D eigenvalue weighted by Gasteiger charge is -2.22. The van der Waals surface area contributed by atoms with E-state index >= 15 is 0 Å². The molecule has 3 aliphatic rings. The van der Waals surface area contributed by atoms with E-state index in [0.717, 1.165) is 23.9 Å². The first-order chi connectivity index (χ1) is 9.31. The summed E-state index contributed by atoms with van der Waals surface area (Å²) in [6.07, 6.45) is 3.82. The smallest absolute Gasteiger partial charge is 0.231 e. The SMILES string of the molecule is CN1CCC[C@@H]1CC1COc2cc3c(cc21)OCO3. The van der Waals surface area contributed by atoms with Crippen LogP contribution in [-0.4, -0.2) is 37.9 Å². The fraction of sp³-hybridized carbons (Fsp3) is 0.600. The molecule has 0 spiro atoms. The van der Waals surface area contributed by atoms with Crippen LogP contribution in [0.5, 0.6) is 17.2 Å². The van der Waals surface area contributed by atoms with Crippen molar-refractivity contribution in [3.8, 4) is 17.2 Å². The number of likely N-dealkylation sites (tertiary alicyclic amines) is 1. The Morgan fingerprint density at radius 2 is 2.00 bits per heavy atom. The molecule has 1 fully saturated rings. The van der Waals surface area contributed by atoms with E-state index in [-0.39, 0.29) is 0 Å². The number of ether oxygens (including phenoxy) is 3. The lowest BCUT2D eigenvalue weighted by molar-refractivity contribution is 0.173. The summed E-state index contributed by atoms with van der Waals surface area (Å²) in [4.78, 5) is 2.48. The minimum absolute atomic E-state index is 0.328. The minimum atomic E-state index is 0.328. The average molecular weight is 261 g/mol. The number of rotatable bonds is 2. The Bertz CT molecular complexity index is 502. The molecule has 0 amide bonds. The highest BCUT2D eigenvalue weighted by molar-refractivity contribution is 5.54. The van der Waals surface area contributed by atoms with Gasteiger partial charge in [-0.25, -0.2) is 0 Å². The van der Waals surface area contributed by atoms with Crippen LogP contribution in [0.15, 0.2) is 12.1 Å². The molecule has 0 aromatic heterocycles. The molecule has 0 aliphatic carbocycles. The second-order valence-corrected chi connectivity index (χ2v) is 5.76. The van der Waals surface area contributed by atoms with E-state index in [2.05, 4.69) is 18.0 Å². The van der Waals surface area contributed by atoms with Crippen LogP contribution in [-0.2, 0) is 0 Å². The molecule has 4 heteroatoms. The van der Waals surface area contributed by atoms with Crippen molar-refractivity contribution in [3.63, 3.8) is 0 Å². The van der Waals surface area contributed by atoms with E-state index in [4.69, 9.17) is 14.2 Å². The maximum absolute atomic E-state index is 5.83. The molecule has 0 bridgehead atoms. The Hall–Kier alpha value is -1.42. The highest BCUT2D eigenvalue weighted by Crippen LogP contribution is 2.45. The zero-order valence-corrected chi connectivity index (χ0v) is 11.2. The molecule has 1 saturated heterocycles. The fourth-order valence-electron chi connectivity index (χ4n) is 3.46. The van der Waals surface area contributed by atoms with Crippen LogP contribution in [0, 0.1) is 0 Å². The van der Waals surface area contributed by atoms with Crippen molar-refractivity contribution in [2.75, 3.05) is 27.0 Å². The van der Waals surface area contributed by atoms with Gasteiger partial charge < -0.3 is 19.1 Å². The molecule has 0 saturated carbocycles. The number of benzene rings is 1. The van der Waals surface area contributed by atoms with Gasteiger partial charge in [-0.1, -0.05) is 0 Å². The normalized spacial score (nSPS) is 28.5. The molecule has 2 atom stereocenters. The Kier molecular flexibility index (Phi) is 2.58. The molecule has 1 aromatic carbocycles. The second kappa shape index (κ2) is 4.30. The van der Waals surface area contributed by atoms with Gasteiger partial charge in [0, 0.05) is 23.6 Å². The van der Waals surface area contributed by atoms with Gasteiger partial charge in [-0.3, -0.25) is 0 Å². The average Bonchev–Trinajstić information content (AvgIpc) is 3.09. The van der Waals surface area contributed by atoms with Crippen LogP contribution >= 0.6 is 0 Å². The predicted molar refractivity (Wildman–Crippen MR) is 71.1 cm³/mol. The maximum Gasteiger partial charge on any atom is 0.231 e. The number of fused-ring (bicyclic) bond motifs is 2. The molecular formula is C15H19NO3. The van der Waals surface area contributed by atoms with Crippen molar-refractivity contribution in [2.24, 2.45) is 0 Å². The number of nitrogens with zero attached hydrogens (tertiary/aromatic N) is 1. The third-order valence-corrected chi connectivity index (χ3v) is 4.61. The zero-order chi connectivity index (χ0) is 12.8. The lowest BCUT2D eigenvalue weighted by Crippen LogP contribution is -2.27. The first-order valence-electron chi connectivity index (χ1n) is 7.08. The Balaban J connectivity index is 1.58. The molecule has 1 unspecified atom stereocenters. The van der Waals surface area contributed by atoms with Crippen molar-refractivity contribution in [1.82, 2.24) is 4.90 Å². The fourth-order valence-corrected chi connectivity index (χ4v) is 3.46. The Labute approximate surface area is 113 Å². The summed E-state index contributed by atoms with van der Waals surface area (Å²) in [5.41, 5.74) is 1.30. The van der Waals surface area contributed by atoms with Gasteiger partial charge >= 0.3 is 0 Å². The minimum Gasteiger partial charge on any atom is -0.493 e. The van der Waals surface area contributed by atoms with Gasteiger partial charge in [-0.2, -0.15) is 0 Å². The summed E-state index contributed by atoms with van der Waals surface area (Å²) in [5, 5.41) is 0. The van der Waals surface area contributed by atoms with Gasteiger partial charge in [0.15, 0.2) is 11.5 Å².